The molecule has 1 aliphatic rings. The summed E-state index contributed by atoms with van der Waals surface area (Å²) in [5.41, 5.74) is 0.342. The molecule has 0 aromatic heterocycles. The number of nitrogens with zero attached hydrogens (tertiary/aromatic N) is 1. The van der Waals surface area contributed by atoms with Crippen LogP contribution in [0, 0.1) is 0 Å². The Bertz CT molecular complexity index is 948. The number of para-hydroxylation sites is 1. The van der Waals surface area contributed by atoms with Crippen molar-refractivity contribution in [3.05, 3.63) is 65.7 Å². The number of ether oxygens (including phenoxy) is 2. The van der Waals surface area contributed by atoms with E-state index >= 15 is 0 Å². The summed E-state index contributed by atoms with van der Waals surface area (Å²) in [5.74, 6) is -0.783. The summed E-state index contributed by atoms with van der Waals surface area (Å²) in [6.07, 6.45) is -0.0668. The van der Waals surface area contributed by atoms with Gasteiger partial charge >= 0.3 is 12.1 Å². The molecule has 1 heterocycles. The number of carbonyl (C=O) groups is 3. The van der Waals surface area contributed by atoms with Crippen LogP contribution < -0.4 is 4.90 Å². The number of imide groups is 1. The highest BCUT2D eigenvalue weighted by molar-refractivity contribution is 6.21. The Balaban J connectivity index is 2.09. The van der Waals surface area contributed by atoms with Crippen molar-refractivity contribution >= 4 is 23.7 Å². The van der Waals surface area contributed by atoms with E-state index in [0.717, 1.165) is 10.5 Å². The zero-order valence-corrected chi connectivity index (χ0v) is 17.8. The Kier molecular flexibility index (Phi) is 5.97. The van der Waals surface area contributed by atoms with Crippen LogP contribution in [0.3, 0.4) is 0 Å². The van der Waals surface area contributed by atoms with Crippen molar-refractivity contribution in [3.63, 3.8) is 0 Å². The van der Waals surface area contributed by atoms with E-state index in [1.807, 2.05) is 42.5 Å². The van der Waals surface area contributed by atoms with Crippen LogP contribution in [0.4, 0.5) is 10.5 Å². The molecule has 30 heavy (non-hydrogen) atoms. The number of methoxy groups -OCH3 is 1. The molecule has 0 fully saturated rings. The first-order valence-electron chi connectivity index (χ1n) is 9.96. The lowest BCUT2D eigenvalue weighted by atomic mass is 9.73. The molecule has 0 N–H and O–H groups in total. The molecule has 0 radical (unpaired) electrons. The highest BCUT2D eigenvalue weighted by Crippen LogP contribution is 2.47. The number of benzene rings is 2. The fourth-order valence-corrected chi connectivity index (χ4v) is 3.86. The summed E-state index contributed by atoms with van der Waals surface area (Å²) >= 11 is 0. The molecular weight excluding hydrogens is 382 g/mol. The number of esters is 1. The normalized spacial score (nSPS) is 18.1. The number of rotatable bonds is 5. The van der Waals surface area contributed by atoms with Gasteiger partial charge in [0.25, 0.3) is 0 Å². The second-order valence-corrected chi connectivity index (χ2v) is 8.46. The molecule has 1 aliphatic heterocycles. The topological polar surface area (TPSA) is 72.9 Å². The molecule has 0 spiro atoms. The molecule has 2 aromatic rings. The maximum atomic E-state index is 13.8. The second kappa shape index (κ2) is 8.30. The largest absolute Gasteiger partial charge is 0.469 e. The van der Waals surface area contributed by atoms with E-state index in [-0.39, 0.29) is 18.7 Å². The van der Waals surface area contributed by atoms with Crippen LogP contribution in [0.25, 0.3) is 0 Å². The SMILES string of the molecule is COC(=O)CC[C@]1(Cc2ccccc2)C(=O)N(C(=O)OC(C)(C)C)c2ccccc21. The van der Waals surface area contributed by atoms with Gasteiger partial charge in [0, 0.05) is 6.42 Å². The third kappa shape index (κ3) is 4.22. The van der Waals surface area contributed by atoms with Crippen molar-refractivity contribution in [1.29, 1.82) is 0 Å². The van der Waals surface area contributed by atoms with Crippen molar-refractivity contribution in [2.24, 2.45) is 0 Å². The summed E-state index contributed by atoms with van der Waals surface area (Å²) in [4.78, 5) is 39.8. The van der Waals surface area contributed by atoms with Gasteiger partial charge in [0.2, 0.25) is 5.91 Å². The van der Waals surface area contributed by atoms with Crippen molar-refractivity contribution in [3.8, 4) is 0 Å². The number of hydrogen-bond acceptors (Lipinski definition) is 5. The number of amides is 2. The number of fused-ring (bicyclic) bond motifs is 1. The molecule has 2 amide bonds. The Morgan fingerprint density at radius 3 is 2.27 bits per heavy atom. The predicted molar refractivity (Wildman–Crippen MR) is 113 cm³/mol. The van der Waals surface area contributed by atoms with E-state index in [9.17, 15) is 14.4 Å². The van der Waals surface area contributed by atoms with Gasteiger partial charge in [-0.25, -0.2) is 9.69 Å². The Morgan fingerprint density at radius 1 is 1.00 bits per heavy atom. The predicted octanol–water partition coefficient (Wildman–Crippen LogP) is 4.40. The van der Waals surface area contributed by atoms with E-state index in [1.54, 1.807) is 32.9 Å². The molecule has 0 aliphatic carbocycles. The highest BCUT2D eigenvalue weighted by Gasteiger charge is 2.53. The van der Waals surface area contributed by atoms with E-state index in [2.05, 4.69) is 0 Å². The van der Waals surface area contributed by atoms with Gasteiger partial charge < -0.3 is 9.47 Å². The van der Waals surface area contributed by atoms with Gasteiger partial charge in [0.15, 0.2) is 0 Å². The maximum Gasteiger partial charge on any atom is 0.421 e. The van der Waals surface area contributed by atoms with Crippen LogP contribution in [0.2, 0.25) is 0 Å². The van der Waals surface area contributed by atoms with E-state index < -0.39 is 23.1 Å². The van der Waals surface area contributed by atoms with Gasteiger partial charge in [-0.1, -0.05) is 48.5 Å². The van der Waals surface area contributed by atoms with Crippen LogP contribution in [0.5, 0.6) is 0 Å². The van der Waals surface area contributed by atoms with Crippen molar-refractivity contribution in [2.75, 3.05) is 12.0 Å². The molecule has 6 heteroatoms. The minimum absolute atomic E-state index is 0.0611. The van der Waals surface area contributed by atoms with E-state index in [4.69, 9.17) is 9.47 Å². The van der Waals surface area contributed by atoms with Gasteiger partial charge in [-0.05, 0) is 50.8 Å². The first-order chi connectivity index (χ1) is 14.2. The van der Waals surface area contributed by atoms with Crippen molar-refractivity contribution in [2.45, 2.75) is 51.0 Å². The van der Waals surface area contributed by atoms with Gasteiger partial charge in [-0.15, -0.1) is 0 Å². The molecule has 3 rings (SSSR count). The summed E-state index contributed by atoms with van der Waals surface area (Å²) < 4.78 is 10.3. The fourth-order valence-electron chi connectivity index (χ4n) is 3.86. The third-order valence-electron chi connectivity index (χ3n) is 5.18. The minimum Gasteiger partial charge on any atom is -0.469 e. The molecule has 1 atom stereocenters. The first kappa shape index (κ1) is 21.6. The molecule has 2 aromatic carbocycles. The maximum absolute atomic E-state index is 13.8. The van der Waals surface area contributed by atoms with Crippen LogP contribution in [0.1, 0.15) is 44.7 Å². The summed E-state index contributed by atoms with van der Waals surface area (Å²) in [6, 6.07) is 16.8. The molecule has 0 saturated carbocycles. The fraction of sp³-hybridized carbons (Fsp3) is 0.375. The molecule has 0 unspecified atom stereocenters. The molecule has 6 nitrogen and oxygen atoms in total. The second-order valence-electron chi connectivity index (χ2n) is 8.46. The molecular formula is C24H27NO5. The molecule has 158 valence electrons. The van der Waals surface area contributed by atoms with E-state index in [0.29, 0.717) is 17.7 Å². The summed E-state index contributed by atoms with van der Waals surface area (Å²) in [5, 5.41) is 0. The number of carbonyl (C=O) groups excluding carboxylic acids is 3. The van der Waals surface area contributed by atoms with Crippen LogP contribution >= 0.6 is 0 Å². The quantitative estimate of drug-likeness (QED) is 0.685. The third-order valence-corrected chi connectivity index (χ3v) is 5.18. The Morgan fingerprint density at radius 2 is 1.63 bits per heavy atom. The lowest BCUT2D eigenvalue weighted by molar-refractivity contribution is -0.141. The lowest BCUT2D eigenvalue weighted by Crippen LogP contribution is -2.46. The van der Waals surface area contributed by atoms with Gasteiger partial charge in [0.05, 0.1) is 18.2 Å². The van der Waals surface area contributed by atoms with Crippen LogP contribution in [-0.2, 0) is 30.9 Å². The monoisotopic (exact) mass is 409 g/mol. The zero-order chi connectivity index (χ0) is 21.9. The average molecular weight is 409 g/mol. The molecule has 0 bridgehead atoms. The van der Waals surface area contributed by atoms with Crippen LogP contribution in [-0.4, -0.2) is 30.7 Å². The van der Waals surface area contributed by atoms with Crippen molar-refractivity contribution in [1.82, 2.24) is 0 Å². The summed E-state index contributed by atoms with van der Waals surface area (Å²) in [6.45, 7) is 5.27. The Labute approximate surface area is 176 Å². The van der Waals surface area contributed by atoms with Crippen molar-refractivity contribution < 1.29 is 23.9 Å². The lowest BCUT2D eigenvalue weighted by Gasteiger charge is -2.29. The average Bonchev–Trinajstić information content (AvgIpc) is 2.94. The van der Waals surface area contributed by atoms with E-state index in [1.165, 1.54) is 7.11 Å². The number of anilines is 1. The van der Waals surface area contributed by atoms with Gasteiger partial charge in [0.1, 0.15) is 5.60 Å². The molecule has 0 saturated heterocycles. The van der Waals surface area contributed by atoms with Crippen LogP contribution in [0.15, 0.2) is 54.6 Å². The minimum atomic E-state index is -1.07. The first-order valence-corrected chi connectivity index (χ1v) is 9.96. The smallest absolute Gasteiger partial charge is 0.421 e. The summed E-state index contributed by atoms with van der Waals surface area (Å²) in [7, 11) is 1.32. The Hall–Kier alpha value is -3.15. The highest BCUT2D eigenvalue weighted by atomic mass is 16.6. The van der Waals surface area contributed by atoms with Gasteiger partial charge in [-0.3, -0.25) is 9.59 Å². The zero-order valence-electron chi connectivity index (χ0n) is 17.8. The standard InChI is InChI=1S/C24H27NO5/c1-23(2,3)30-22(28)25-19-13-9-8-12-18(19)24(21(25)27,15-14-20(26)29-4)16-17-10-6-5-7-11-17/h5-13H,14-16H2,1-4H3/t24-/m1/s1. The van der Waals surface area contributed by atoms with Gasteiger partial charge in [-0.2, -0.15) is 0 Å². The number of hydrogen-bond donors (Lipinski definition) is 0.